The third kappa shape index (κ3) is 7.73. The van der Waals surface area contributed by atoms with Gasteiger partial charge in [0.25, 0.3) is 0 Å². The van der Waals surface area contributed by atoms with Crippen molar-refractivity contribution in [2.75, 3.05) is 6.61 Å². The molecule has 4 fully saturated rings. The van der Waals surface area contributed by atoms with Crippen molar-refractivity contribution in [2.24, 2.45) is 40.4 Å². The molecule has 0 aromatic carbocycles. The molecule has 0 saturated heterocycles. The third-order valence-electron chi connectivity index (χ3n) is 10.5. The van der Waals surface area contributed by atoms with Crippen molar-refractivity contribution < 1.29 is 68.7 Å². The van der Waals surface area contributed by atoms with E-state index in [1.807, 2.05) is 6.92 Å². The number of hydrogen-bond acceptors (Lipinski definition) is 12. The minimum Gasteiger partial charge on any atom is -0.481 e. The molecule has 3 unspecified atom stereocenters. The van der Waals surface area contributed by atoms with Crippen molar-refractivity contribution in [3.05, 3.63) is 12.2 Å². The molecule has 4 aliphatic rings. The van der Waals surface area contributed by atoms with Crippen molar-refractivity contribution >= 4 is 32.7 Å². The van der Waals surface area contributed by atoms with Gasteiger partial charge in [-0.25, -0.2) is 8.37 Å². The Balaban J connectivity index is 1.65. The van der Waals surface area contributed by atoms with Crippen LogP contribution in [0, 0.1) is 40.4 Å². The van der Waals surface area contributed by atoms with Crippen LogP contribution >= 0.6 is 0 Å². The lowest BCUT2D eigenvalue weighted by Gasteiger charge is -2.62. The van der Waals surface area contributed by atoms with Crippen LogP contribution in [0.25, 0.3) is 0 Å². The number of carbonyl (C=O) groups is 2. The maximum Gasteiger partial charge on any atom is 0.397 e. The number of hydrogen-bond donors (Lipinski definition) is 5. The molecule has 0 heterocycles. The fraction of sp³-hybridized carbons (Fsp3) is 0.857. The van der Waals surface area contributed by atoms with E-state index < -0.39 is 86.8 Å². The van der Waals surface area contributed by atoms with Crippen molar-refractivity contribution in [1.82, 2.24) is 0 Å². The van der Waals surface area contributed by atoms with Crippen LogP contribution in [0.5, 0.6) is 0 Å². The van der Waals surface area contributed by atoms with Crippen LogP contribution in [0.1, 0.15) is 72.1 Å². The van der Waals surface area contributed by atoms with Gasteiger partial charge >= 0.3 is 32.7 Å². The molecule has 0 aliphatic heterocycles. The number of aliphatic hydroxyl groups is 2. The number of aliphatic hydroxyl groups excluding tert-OH is 2. The van der Waals surface area contributed by atoms with E-state index in [1.54, 1.807) is 13.8 Å². The van der Waals surface area contributed by atoms with Gasteiger partial charge in [-0.3, -0.25) is 18.7 Å². The Morgan fingerprint density at radius 3 is 2.31 bits per heavy atom. The number of rotatable bonds is 13. The zero-order chi connectivity index (χ0) is 33.7. The average Bonchev–Trinajstić information content (AvgIpc) is 3.06. The molecule has 0 amide bonds. The highest BCUT2D eigenvalue weighted by Crippen LogP contribution is 2.70. The number of carboxylic acid groups (broad SMARTS) is 1. The summed E-state index contributed by atoms with van der Waals surface area (Å²) >= 11 is 0. The minimum absolute atomic E-state index is 0.0533. The predicted molar refractivity (Wildman–Crippen MR) is 154 cm³/mol. The Morgan fingerprint density at radius 1 is 1.07 bits per heavy atom. The molecule has 45 heavy (non-hydrogen) atoms. The summed E-state index contributed by atoms with van der Waals surface area (Å²) in [4.78, 5) is 25.2. The van der Waals surface area contributed by atoms with Crippen LogP contribution < -0.4 is 0 Å². The van der Waals surface area contributed by atoms with E-state index in [0.717, 1.165) is 24.8 Å². The van der Waals surface area contributed by atoms with E-state index >= 15 is 0 Å². The van der Waals surface area contributed by atoms with Gasteiger partial charge in [0.15, 0.2) is 12.4 Å². The fourth-order valence-electron chi connectivity index (χ4n) is 8.95. The monoisotopic (exact) mass is 684 g/mol. The van der Waals surface area contributed by atoms with E-state index in [1.165, 1.54) is 0 Å². The van der Waals surface area contributed by atoms with Crippen molar-refractivity contribution in [3.63, 3.8) is 0 Å². The standard InChI is InChI=1S/C28H44O15S2/c1-14(2)9-22(29)42-23(20(43-45(37,38)39)13-40-44(34,35)36)26(33)41-17-10-18(25(31)32)19-7-8-28-11-16(15(3)24(28)30)5-6-21(28)27(19,4)12-17/h14,16-21,23-24,26,30,33H,3,5-13H2,1-2,4H3,(H,31,32)(H,34,35,36)(H,37,38,39)/t16-,17-,18?,19-,20?,21+,23+,24?,26-,27-,28-/m1/s1. The molecule has 15 nitrogen and oxygen atoms in total. The number of fused-ring (bicyclic) bond motifs is 3. The van der Waals surface area contributed by atoms with Crippen molar-refractivity contribution in [2.45, 2.75) is 103 Å². The minimum atomic E-state index is -5.36. The highest BCUT2D eigenvalue weighted by atomic mass is 32.3. The molecule has 4 rings (SSSR count). The Bertz CT molecular complexity index is 1360. The second-order valence-corrected chi connectivity index (χ2v) is 15.9. The lowest BCUT2D eigenvalue weighted by Crippen LogP contribution is -2.60. The fourth-order valence-corrected chi connectivity index (χ4v) is 9.73. The first-order valence-electron chi connectivity index (χ1n) is 15.1. The quantitative estimate of drug-likeness (QED) is 0.0805. The molecule has 17 heteroatoms. The van der Waals surface area contributed by atoms with E-state index in [0.29, 0.717) is 12.8 Å². The zero-order valence-electron chi connectivity index (χ0n) is 25.5. The Labute approximate surface area is 263 Å². The van der Waals surface area contributed by atoms with Gasteiger partial charge in [0.05, 0.1) is 18.1 Å². The number of carboxylic acids is 1. The molecule has 0 radical (unpaired) electrons. The summed E-state index contributed by atoms with van der Waals surface area (Å²) in [6, 6.07) is 0. The highest BCUT2D eigenvalue weighted by molar-refractivity contribution is 7.81. The van der Waals surface area contributed by atoms with Gasteiger partial charge < -0.3 is 24.8 Å². The van der Waals surface area contributed by atoms with Gasteiger partial charge in [0, 0.05) is 11.8 Å². The van der Waals surface area contributed by atoms with E-state index in [4.69, 9.17) is 14.0 Å². The van der Waals surface area contributed by atoms with Gasteiger partial charge in [-0.15, -0.1) is 0 Å². The van der Waals surface area contributed by atoms with E-state index in [-0.39, 0.29) is 42.9 Å². The number of aliphatic carboxylic acids is 1. The van der Waals surface area contributed by atoms with Crippen LogP contribution in [0.4, 0.5) is 0 Å². The molecule has 0 aromatic heterocycles. The molecule has 258 valence electrons. The van der Waals surface area contributed by atoms with E-state index in [9.17, 15) is 46.3 Å². The second-order valence-electron chi connectivity index (χ2n) is 13.8. The van der Waals surface area contributed by atoms with E-state index in [2.05, 4.69) is 14.9 Å². The van der Waals surface area contributed by atoms with Crippen LogP contribution in [-0.2, 0) is 48.2 Å². The predicted octanol–water partition coefficient (Wildman–Crippen LogP) is 1.90. The maximum absolute atomic E-state index is 12.6. The summed E-state index contributed by atoms with van der Waals surface area (Å²) < 4.78 is 84.0. The van der Waals surface area contributed by atoms with Gasteiger partial charge in [-0.1, -0.05) is 27.4 Å². The zero-order valence-corrected chi connectivity index (χ0v) is 27.1. The summed E-state index contributed by atoms with van der Waals surface area (Å²) in [5.74, 6) is -3.34. The normalized spacial score (nSPS) is 36.9. The van der Waals surface area contributed by atoms with Crippen LogP contribution in [0.3, 0.4) is 0 Å². The molecule has 1 spiro atoms. The smallest absolute Gasteiger partial charge is 0.397 e. The van der Waals surface area contributed by atoms with Gasteiger partial charge in [0.2, 0.25) is 0 Å². The second kappa shape index (κ2) is 13.1. The molecule has 2 bridgehead atoms. The number of carbonyl (C=O) groups excluding carboxylic acids is 1. The Kier molecular flexibility index (Phi) is 10.5. The molecule has 5 N–H and O–H groups in total. The van der Waals surface area contributed by atoms with Crippen LogP contribution in [-0.4, -0.2) is 90.5 Å². The van der Waals surface area contributed by atoms with Crippen molar-refractivity contribution in [1.29, 1.82) is 0 Å². The van der Waals surface area contributed by atoms with Gasteiger partial charge in [-0.2, -0.15) is 16.8 Å². The number of ether oxygens (including phenoxy) is 2. The first-order chi connectivity index (χ1) is 20.7. The molecule has 0 aromatic rings. The Morgan fingerprint density at radius 2 is 1.73 bits per heavy atom. The number of esters is 1. The summed E-state index contributed by atoms with van der Waals surface area (Å²) in [5.41, 5.74) is -0.329. The highest BCUT2D eigenvalue weighted by Gasteiger charge is 2.66. The molecular weight excluding hydrogens is 640 g/mol. The topological polar surface area (TPSA) is 240 Å². The van der Waals surface area contributed by atoms with Crippen LogP contribution in [0.2, 0.25) is 0 Å². The first-order valence-corrected chi connectivity index (χ1v) is 17.8. The summed E-state index contributed by atoms with van der Waals surface area (Å²) in [6.45, 7) is 8.13. The summed E-state index contributed by atoms with van der Waals surface area (Å²) in [6.07, 6.45) is -4.78. The lowest BCUT2D eigenvalue weighted by molar-refractivity contribution is -0.248. The average molecular weight is 685 g/mol. The summed E-state index contributed by atoms with van der Waals surface area (Å²) in [5, 5.41) is 32.8. The van der Waals surface area contributed by atoms with Gasteiger partial charge in [0.1, 0.15) is 12.7 Å². The molecular formula is C28H44O15S2. The van der Waals surface area contributed by atoms with Crippen LogP contribution in [0.15, 0.2) is 12.2 Å². The lowest BCUT2D eigenvalue weighted by atomic mass is 9.43. The van der Waals surface area contributed by atoms with Crippen molar-refractivity contribution in [3.8, 4) is 0 Å². The molecule has 4 aliphatic carbocycles. The maximum atomic E-state index is 12.6. The van der Waals surface area contributed by atoms with Gasteiger partial charge in [-0.05, 0) is 79.6 Å². The SMILES string of the molecule is C=C1C(O)[C@@]23CC[C@@H]4C(C(=O)O)C[C@@H](O[C@@H](O)[C@@H](OC(=O)CC(C)C)C(COS(=O)(=O)O)OS(=O)(=O)O)C[C@@]4(C)[C@@H]2CC[C@@H]1C3. The third-order valence-corrected chi connectivity index (χ3v) is 11.5. The largest absolute Gasteiger partial charge is 0.481 e. The first kappa shape index (κ1) is 36.1. The molecule has 4 saturated carbocycles. The molecule has 11 atom stereocenters. The Hall–Kier alpha value is -1.70. The summed E-state index contributed by atoms with van der Waals surface area (Å²) in [7, 11) is -10.5.